The number of nitrogens with one attached hydrogen (secondary N) is 1. The number of likely N-dealkylation sites (N-methyl/N-ethyl adjacent to an activating group) is 1. The molecule has 0 saturated carbocycles. The van der Waals surface area contributed by atoms with Crippen LogP contribution in [0.5, 0.6) is 0 Å². The van der Waals surface area contributed by atoms with Gasteiger partial charge >= 0.3 is 6.18 Å². The lowest BCUT2D eigenvalue weighted by molar-refractivity contribution is -0.137. The molecule has 0 saturated heterocycles. The van der Waals surface area contributed by atoms with Gasteiger partial charge in [0, 0.05) is 6.04 Å². The van der Waals surface area contributed by atoms with Gasteiger partial charge in [0.1, 0.15) is 0 Å². The summed E-state index contributed by atoms with van der Waals surface area (Å²) in [5.74, 6) is 0. The SMILES string of the molecule is CNC(COC(C)C)Cc1cccc(C(F)(F)F)c1. The molecule has 0 amide bonds. The van der Waals surface area contributed by atoms with Crippen LogP contribution in [0.2, 0.25) is 0 Å². The first-order valence-corrected chi connectivity index (χ1v) is 6.28. The van der Waals surface area contributed by atoms with E-state index in [4.69, 9.17) is 4.74 Å². The van der Waals surface area contributed by atoms with Crippen molar-refractivity contribution in [3.63, 3.8) is 0 Å². The van der Waals surface area contributed by atoms with Gasteiger partial charge in [0.15, 0.2) is 0 Å². The fraction of sp³-hybridized carbons (Fsp3) is 0.571. The summed E-state index contributed by atoms with van der Waals surface area (Å²) in [5.41, 5.74) is 0.0474. The van der Waals surface area contributed by atoms with Crippen molar-refractivity contribution in [1.29, 1.82) is 0 Å². The molecule has 1 rings (SSSR count). The number of hydrogen-bond donors (Lipinski definition) is 1. The highest BCUT2D eigenvalue weighted by Gasteiger charge is 2.30. The lowest BCUT2D eigenvalue weighted by atomic mass is 10.0. The summed E-state index contributed by atoms with van der Waals surface area (Å²) in [4.78, 5) is 0. The molecule has 2 nitrogen and oxygen atoms in total. The van der Waals surface area contributed by atoms with Gasteiger partial charge in [-0.15, -0.1) is 0 Å². The molecule has 0 bridgehead atoms. The molecule has 0 aromatic heterocycles. The molecule has 1 aromatic rings. The summed E-state index contributed by atoms with van der Waals surface area (Å²) in [6.07, 6.45) is -3.68. The highest BCUT2D eigenvalue weighted by molar-refractivity contribution is 5.26. The van der Waals surface area contributed by atoms with Crippen molar-refractivity contribution in [1.82, 2.24) is 5.32 Å². The first kappa shape index (κ1) is 16.0. The van der Waals surface area contributed by atoms with Crippen LogP contribution in [0.1, 0.15) is 25.0 Å². The third-order valence-corrected chi connectivity index (χ3v) is 2.78. The predicted octanol–water partition coefficient (Wildman–Crippen LogP) is 3.26. The van der Waals surface area contributed by atoms with Crippen LogP contribution >= 0.6 is 0 Å². The molecular formula is C14H20F3NO. The topological polar surface area (TPSA) is 21.3 Å². The van der Waals surface area contributed by atoms with Crippen molar-refractivity contribution in [2.75, 3.05) is 13.7 Å². The van der Waals surface area contributed by atoms with Crippen molar-refractivity contribution in [3.05, 3.63) is 35.4 Å². The molecule has 5 heteroatoms. The number of halogens is 3. The van der Waals surface area contributed by atoms with Gasteiger partial charge in [0.05, 0.1) is 18.3 Å². The maximum absolute atomic E-state index is 12.6. The van der Waals surface area contributed by atoms with Crippen LogP contribution in [0.4, 0.5) is 13.2 Å². The molecule has 0 aliphatic rings. The van der Waals surface area contributed by atoms with Crippen LogP contribution in [0.15, 0.2) is 24.3 Å². The minimum absolute atomic E-state index is 0.00545. The van der Waals surface area contributed by atoms with Crippen LogP contribution in [-0.2, 0) is 17.3 Å². The van der Waals surface area contributed by atoms with Crippen LogP contribution in [0.25, 0.3) is 0 Å². The molecule has 0 heterocycles. The molecule has 108 valence electrons. The van der Waals surface area contributed by atoms with E-state index in [2.05, 4.69) is 5.32 Å². The molecular weight excluding hydrogens is 255 g/mol. The van der Waals surface area contributed by atoms with Gasteiger partial charge in [-0.3, -0.25) is 0 Å². The van der Waals surface area contributed by atoms with Crippen molar-refractivity contribution < 1.29 is 17.9 Å². The Bertz CT molecular complexity index is 391. The van der Waals surface area contributed by atoms with Gasteiger partial charge in [0.25, 0.3) is 0 Å². The average Bonchev–Trinajstić information content (AvgIpc) is 2.33. The molecule has 1 atom stereocenters. The Morgan fingerprint density at radius 1 is 1.26 bits per heavy atom. The van der Waals surface area contributed by atoms with Gasteiger partial charge in [-0.25, -0.2) is 0 Å². The Hall–Kier alpha value is -1.07. The Kier molecular flexibility index (Phi) is 5.82. The Morgan fingerprint density at radius 3 is 2.47 bits per heavy atom. The first-order valence-electron chi connectivity index (χ1n) is 6.28. The zero-order valence-corrected chi connectivity index (χ0v) is 11.4. The first-order chi connectivity index (χ1) is 8.82. The molecule has 1 aromatic carbocycles. The Morgan fingerprint density at radius 2 is 1.95 bits per heavy atom. The highest BCUT2D eigenvalue weighted by Crippen LogP contribution is 2.29. The number of hydrogen-bond acceptors (Lipinski definition) is 2. The van der Waals surface area contributed by atoms with Crippen molar-refractivity contribution >= 4 is 0 Å². The summed E-state index contributed by atoms with van der Waals surface area (Å²) in [7, 11) is 1.78. The van der Waals surface area contributed by atoms with E-state index >= 15 is 0 Å². The van der Waals surface area contributed by atoms with E-state index in [1.807, 2.05) is 13.8 Å². The quantitative estimate of drug-likeness (QED) is 0.860. The third-order valence-electron chi connectivity index (χ3n) is 2.78. The zero-order valence-electron chi connectivity index (χ0n) is 11.4. The van der Waals surface area contributed by atoms with Crippen LogP contribution in [-0.4, -0.2) is 25.8 Å². The minimum Gasteiger partial charge on any atom is -0.377 e. The van der Waals surface area contributed by atoms with Crippen LogP contribution in [0.3, 0.4) is 0 Å². The van der Waals surface area contributed by atoms with E-state index in [-0.39, 0.29) is 12.1 Å². The molecule has 1 unspecified atom stereocenters. The van der Waals surface area contributed by atoms with Gasteiger partial charge < -0.3 is 10.1 Å². The van der Waals surface area contributed by atoms with Gasteiger partial charge in [-0.1, -0.05) is 18.2 Å². The summed E-state index contributed by atoms with van der Waals surface area (Å²) in [6.45, 7) is 4.33. The van der Waals surface area contributed by atoms with E-state index < -0.39 is 11.7 Å². The van der Waals surface area contributed by atoms with E-state index in [0.717, 1.165) is 6.07 Å². The number of alkyl halides is 3. The van der Waals surface area contributed by atoms with Crippen molar-refractivity contribution in [2.45, 2.75) is 38.6 Å². The normalized spacial score (nSPS) is 13.8. The summed E-state index contributed by atoms with van der Waals surface area (Å²) < 4.78 is 43.3. The van der Waals surface area contributed by atoms with E-state index in [0.29, 0.717) is 18.6 Å². The van der Waals surface area contributed by atoms with Crippen molar-refractivity contribution in [2.24, 2.45) is 0 Å². The van der Waals surface area contributed by atoms with Crippen molar-refractivity contribution in [3.8, 4) is 0 Å². The van der Waals surface area contributed by atoms with E-state index in [1.54, 1.807) is 13.1 Å². The fourth-order valence-electron chi connectivity index (χ4n) is 1.71. The highest BCUT2D eigenvalue weighted by atomic mass is 19.4. The van der Waals surface area contributed by atoms with E-state index in [9.17, 15) is 13.2 Å². The number of rotatable bonds is 6. The molecule has 0 radical (unpaired) electrons. The van der Waals surface area contributed by atoms with Gasteiger partial charge in [-0.05, 0) is 38.9 Å². The summed E-state index contributed by atoms with van der Waals surface area (Å²) >= 11 is 0. The largest absolute Gasteiger partial charge is 0.416 e. The summed E-state index contributed by atoms with van der Waals surface area (Å²) in [5, 5.41) is 3.06. The molecule has 1 N–H and O–H groups in total. The molecule has 0 fully saturated rings. The zero-order chi connectivity index (χ0) is 14.5. The Balaban J connectivity index is 2.69. The molecule has 0 aliphatic heterocycles. The summed E-state index contributed by atoms with van der Waals surface area (Å²) in [6, 6.07) is 5.43. The average molecular weight is 275 g/mol. The second-order valence-corrected chi connectivity index (χ2v) is 4.77. The van der Waals surface area contributed by atoms with Gasteiger partial charge in [-0.2, -0.15) is 13.2 Å². The molecule has 0 spiro atoms. The fourth-order valence-corrected chi connectivity index (χ4v) is 1.71. The number of ether oxygens (including phenoxy) is 1. The van der Waals surface area contributed by atoms with Gasteiger partial charge in [0.2, 0.25) is 0 Å². The second kappa shape index (κ2) is 6.91. The maximum atomic E-state index is 12.6. The lowest BCUT2D eigenvalue weighted by Crippen LogP contribution is -2.33. The van der Waals surface area contributed by atoms with Crippen LogP contribution in [0, 0.1) is 0 Å². The number of benzene rings is 1. The predicted molar refractivity (Wildman–Crippen MR) is 69.1 cm³/mol. The maximum Gasteiger partial charge on any atom is 0.416 e. The smallest absolute Gasteiger partial charge is 0.377 e. The lowest BCUT2D eigenvalue weighted by Gasteiger charge is -2.18. The molecule has 0 aliphatic carbocycles. The third kappa shape index (κ3) is 5.61. The Labute approximate surface area is 112 Å². The second-order valence-electron chi connectivity index (χ2n) is 4.77. The standard InChI is InChI=1S/C14H20F3NO/c1-10(2)19-9-13(18-3)8-11-5-4-6-12(7-11)14(15,16)17/h4-7,10,13,18H,8-9H2,1-3H3. The monoisotopic (exact) mass is 275 g/mol. The van der Waals surface area contributed by atoms with Crippen LogP contribution < -0.4 is 5.32 Å². The molecule has 19 heavy (non-hydrogen) atoms. The van der Waals surface area contributed by atoms with E-state index in [1.165, 1.54) is 12.1 Å². The minimum atomic E-state index is -4.29.